The van der Waals surface area contributed by atoms with Gasteiger partial charge in [-0.25, -0.2) is 0 Å². The molecule has 0 bridgehead atoms. The molecule has 1 unspecified atom stereocenters. The Hall–Kier alpha value is -2.87. The van der Waals surface area contributed by atoms with Gasteiger partial charge in [0, 0.05) is 17.9 Å². The third-order valence-electron chi connectivity index (χ3n) is 5.91. The fourth-order valence-corrected chi connectivity index (χ4v) is 4.06. The van der Waals surface area contributed by atoms with E-state index in [9.17, 15) is 19.5 Å². The van der Waals surface area contributed by atoms with E-state index in [1.807, 2.05) is 13.8 Å². The van der Waals surface area contributed by atoms with Crippen LogP contribution >= 0.6 is 11.6 Å². The molecule has 0 saturated carbocycles. The number of amides is 2. The lowest BCUT2D eigenvalue weighted by molar-refractivity contribution is -0.131. The number of phenolic OH excluding ortho intramolecular Hbond substituents is 1. The number of Topliss-reactive ketones (excluding diaryl/α,β-unsaturated/α-hetero) is 1. The summed E-state index contributed by atoms with van der Waals surface area (Å²) >= 11 is 6.00. The number of hydrogen-bond donors (Lipinski definition) is 3. The van der Waals surface area contributed by atoms with Gasteiger partial charge in [0.15, 0.2) is 11.5 Å². The summed E-state index contributed by atoms with van der Waals surface area (Å²) in [6.07, 6.45) is 4.42. The number of unbranched alkanes of at least 4 members (excludes halogenated alkanes) is 1. The highest BCUT2D eigenvalue weighted by atomic mass is 35.5. The molecular weight excluding hydrogens is 458 g/mol. The number of hydrogen-bond acceptors (Lipinski definition) is 6. The molecule has 0 aliphatic carbocycles. The first-order chi connectivity index (χ1) is 16.1. The van der Waals surface area contributed by atoms with Gasteiger partial charge in [-0.1, -0.05) is 62.9 Å². The minimum Gasteiger partial charge on any atom is -0.506 e. The highest BCUT2D eigenvalue weighted by Gasteiger charge is 2.32. The standard InChI is InChI=1S/C25H34ClN3O5/c1-5-7-11-25(4,10-6-2)22(31)15-27-23(32)19(14-17-8-9-21(30)18(26)13-17)28-24(33)20-12-16(3)34-29-20/h8-9,12-13,19,30H,5-7,10-11,14-15H2,1-4H3,(H,27,32)(H,28,33)/t19-,25?/m0/s1. The normalized spacial score (nSPS) is 13.7. The van der Waals surface area contributed by atoms with Crippen LogP contribution in [0, 0.1) is 12.3 Å². The molecule has 0 fully saturated rings. The molecule has 0 aliphatic heterocycles. The number of carbonyl (C=O) groups is 3. The van der Waals surface area contributed by atoms with Gasteiger partial charge < -0.3 is 20.3 Å². The van der Waals surface area contributed by atoms with Gasteiger partial charge in [-0.15, -0.1) is 0 Å². The largest absolute Gasteiger partial charge is 0.506 e. The molecule has 1 aromatic carbocycles. The molecule has 0 aliphatic rings. The number of ketones is 1. The lowest BCUT2D eigenvalue weighted by Gasteiger charge is -2.28. The van der Waals surface area contributed by atoms with Crippen LogP contribution in [0.25, 0.3) is 0 Å². The molecule has 1 heterocycles. The van der Waals surface area contributed by atoms with Crippen LogP contribution in [-0.4, -0.2) is 40.4 Å². The first-order valence-corrected chi connectivity index (χ1v) is 12.0. The van der Waals surface area contributed by atoms with Crippen molar-refractivity contribution in [1.29, 1.82) is 0 Å². The Morgan fingerprint density at radius 2 is 1.91 bits per heavy atom. The van der Waals surface area contributed by atoms with E-state index in [0.717, 1.165) is 32.1 Å². The number of benzene rings is 1. The molecule has 186 valence electrons. The van der Waals surface area contributed by atoms with Gasteiger partial charge in [0.2, 0.25) is 5.91 Å². The molecule has 8 nitrogen and oxygen atoms in total. The quantitative estimate of drug-likeness (QED) is 0.382. The summed E-state index contributed by atoms with van der Waals surface area (Å²) in [5, 5.41) is 18.9. The maximum atomic E-state index is 13.1. The van der Waals surface area contributed by atoms with Crippen molar-refractivity contribution in [3.05, 3.63) is 46.3 Å². The Morgan fingerprint density at radius 1 is 1.18 bits per heavy atom. The van der Waals surface area contributed by atoms with E-state index in [-0.39, 0.29) is 35.2 Å². The molecular formula is C25H34ClN3O5. The predicted octanol–water partition coefficient (Wildman–Crippen LogP) is 4.37. The monoisotopic (exact) mass is 491 g/mol. The van der Waals surface area contributed by atoms with Gasteiger partial charge in [0.25, 0.3) is 5.91 Å². The molecule has 3 N–H and O–H groups in total. The highest BCUT2D eigenvalue weighted by molar-refractivity contribution is 6.32. The lowest BCUT2D eigenvalue weighted by atomic mass is 9.77. The van der Waals surface area contributed by atoms with Crippen LogP contribution in [0.2, 0.25) is 5.02 Å². The van der Waals surface area contributed by atoms with Crippen LogP contribution in [-0.2, 0) is 16.0 Å². The van der Waals surface area contributed by atoms with Crippen LogP contribution in [0.1, 0.15) is 74.7 Å². The van der Waals surface area contributed by atoms with Crippen LogP contribution in [0.4, 0.5) is 0 Å². The van der Waals surface area contributed by atoms with E-state index in [4.69, 9.17) is 16.1 Å². The maximum Gasteiger partial charge on any atom is 0.274 e. The number of nitrogens with one attached hydrogen (secondary N) is 2. The number of halogens is 1. The summed E-state index contributed by atoms with van der Waals surface area (Å²) in [7, 11) is 0. The second-order valence-corrected chi connectivity index (χ2v) is 9.30. The maximum absolute atomic E-state index is 13.1. The third-order valence-corrected chi connectivity index (χ3v) is 6.22. The molecule has 0 spiro atoms. The predicted molar refractivity (Wildman–Crippen MR) is 130 cm³/mol. The molecule has 2 atom stereocenters. The lowest BCUT2D eigenvalue weighted by Crippen LogP contribution is -2.50. The Kier molecular flexibility index (Phi) is 10.1. The highest BCUT2D eigenvalue weighted by Crippen LogP contribution is 2.31. The smallest absolute Gasteiger partial charge is 0.274 e. The molecule has 0 radical (unpaired) electrons. The second-order valence-electron chi connectivity index (χ2n) is 8.89. The topological polar surface area (TPSA) is 122 Å². The fourth-order valence-electron chi connectivity index (χ4n) is 3.85. The molecule has 2 aromatic rings. The number of phenols is 1. The van der Waals surface area contributed by atoms with Gasteiger partial charge in [-0.3, -0.25) is 14.4 Å². The molecule has 9 heteroatoms. The summed E-state index contributed by atoms with van der Waals surface area (Å²) in [5.41, 5.74) is 0.175. The van der Waals surface area contributed by atoms with Gasteiger partial charge in [0.05, 0.1) is 11.6 Å². The van der Waals surface area contributed by atoms with Crippen molar-refractivity contribution in [1.82, 2.24) is 15.8 Å². The third kappa shape index (κ3) is 7.58. The summed E-state index contributed by atoms with van der Waals surface area (Å²) in [5.74, 6) is -0.723. The first kappa shape index (κ1) is 27.4. The number of aromatic hydroxyl groups is 1. The Morgan fingerprint density at radius 3 is 2.50 bits per heavy atom. The first-order valence-electron chi connectivity index (χ1n) is 11.6. The van der Waals surface area contributed by atoms with E-state index in [2.05, 4.69) is 22.7 Å². The summed E-state index contributed by atoms with van der Waals surface area (Å²) in [6.45, 7) is 7.60. The van der Waals surface area contributed by atoms with Crippen LogP contribution in [0.5, 0.6) is 5.75 Å². The zero-order chi connectivity index (χ0) is 25.3. The van der Waals surface area contributed by atoms with Crippen molar-refractivity contribution in [2.75, 3.05) is 6.54 Å². The molecule has 2 amide bonds. The Balaban J connectivity index is 2.16. The number of aryl methyl sites for hydroxylation is 1. The van der Waals surface area contributed by atoms with E-state index < -0.39 is 23.3 Å². The van der Waals surface area contributed by atoms with Crippen LogP contribution < -0.4 is 10.6 Å². The average Bonchev–Trinajstić information content (AvgIpc) is 3.24. The van der Waals surface area contributed by atoms with E-state index >= 15 is 0 Å². The number of aromatic nitrogens is 1. The molecule has 0 saturated heterocycles. The summed E-state index contributed by atoms with van der Waals surface area (Å²) in [6, 6.07) is 5.03. The van der Waals surface area contributed by atoms with Crippen molar-refractivity contribution >= 4 is 29.2 Å². The molecule has 34 heavy (non-hydrogen) atoms. The van der Waals surface area contributed by atoms with Crippen molar-refractivity contribution in [3.63, 3.8) is 0 Å². The summed E-state index contributed by atoms with van der Waals surface area (Å²) in [4.78, 5) is 38.7. The van der Waals surface area contributed by atoms with E-state index in [1.165, 1.54) is 18.2 Å². The summed E-state index contributed by atoms with van der Waals surface area (Å²) < 4.78 is 4.95. The SMILES string of the molecule is CCCCC(C)(CCC)C(=O)CNC(=O)[C@H](Cc1ccc(O)c(Cl)c1)NC(=O)c1cc(C)on1. The van der Waals surface area contributed by atoms with Crippen LogP contribution in [0.15, 0.2) is 28.8 Å². The van der Waals surface area contributed by atoms with Crippen molar-refractivity contribution in [3.8, 4) is 5.75 Å². The van der Waals surface area contributed by atoms with Crippen molar-refractivity contribution in [2.45, 2.75) is 72.3 Å². The van der Waals surface area contributed by atoms with E-state index in [0.29, 0.717) is 11.3 Å². The van der Waals surface area contributed by atoms with Crippen molar-refractivity contribution in [2.24, 2.45) is 5.41 Å². The zero-order valence-electron chi connectivity index (χ0n) is 20.2. The second kappa shape index (κ2) is 12.6. The van der Waals surface area contributed by atoms with Gasteiger partial charge in [0.1, 0.15) is 17.6 Å². The Bertz CT molecular complexity index is 1010. The van der Waals surface area contributed by atoms with Gasteiger partial charge >= 0.3 is 0 Å². The molecule has 2 rings (SSSR count). The molecule has 1 aromatic heterocycles. The number of carbonyl (C=O) groups excluding carboxylic acids is 3. The van der Waals surface area contributed by atoms with Gasteiger partial charge in [-0.05, 0) is 37.5 Å². The van der Waals surface area contributed by atoms with Crippen LogP contribution in [0.3, 0.4) is 0 Å². The minimum absolute atomic E-state index is 0.0268. The number of nitrogens with zero attached hydrogens (tertiary/aromatic N) is 1. The zero-order valence-corrected chi connectivity index (χ0v) is 21.0. The minimum atomic E-state index is -0.994. The van der Waals surface area contributed by atoms with Crippen molar-refractivity contribution < 1.29 is 24.0 Å². The fraction of sp³-hybridized carbons (Fsp3) is 0.520. The number of rotatable bonds is 13. The average molecular weight is 492 g/mol. The Labute approximate surface area is 205 Å². The van der Waals surface area contributed by atoms with E-state index in [1.54, 1.807) is 13.0 Å². The van der Waals surface area contributed by atoms with Gasteiger partial charge in [-0.2, -0.15) is 0 Å².